The Labute approximate surface area is 103 Å². The van der Waals surface area contributed by atoms with Gasteiger partial charge >= 0.3 is 0 Å². The van der Waals surface area contributed by atoms with Crippen molar-refractivity contribution in [1.29, 1.82) is 0 Å². The molecule has 0 N–H and O–H groups in total. The molecule has 0 saturated carbocycles. The van der Waals surface area contributed by atoms with E-state index in [4.69, 9.17) is 9.47 Å². The van der Waals surface area contributed by atoms with Gasteiger partial charge in [0.1, 0.15) is 0 Å². The van der Waals surface area contributed by atoms with Crippen LogP contribution in [0.1, 0.15) is 34.1 Å². The average Bonchev–Trinajstić information content (AvgIpc) is 2.17. The molecule has 0 fully saturated rings. The molecule has 92 valence electrons. The Kier molecular flexibility index (Phi) is 7.84. The van der Waals surface area contributed by atoms with E-state index < -0.39 is 0 Å². The first kappa shape index (κ1) is 15.4. The number of rotatable bonds is 8. The second-order valence-electron chi connectivity index (χ2n) is 4.95. The SMILES string of the molecule is COC(C)(C)CCOCC(CBr)C(C)C. The predicted octanol–water partition coefficient (Wildman–Crippen LogP) is 3.49. The first-order chi connectivity index (χ1) is 6.93. The summed E-state index contributed by atoms with van der Waals surface area (Å²) in [6.07, 6.45) is 0.941. The molecule has 0 heterocycles. The lowest BCUT2D eigenvalue weighted by molar-refractivity contribution is -0.0151. The van der Waals surface area contributed by atoms with Gasteiger partial charge in [0.25, 0.3) is 0 Å². The largest absolute Gasteiger partial charge is 0.381 e. The van der Waals surface area contributed by atoms with E-state index in [2.05, 4.69) is 43.6 Å². The molecule has 3 heteroatoms. The van der Waals surface area contributed by atoms with Crippen LogP contribution in [-0.4, -0.2) is 31.3 Å². The van der Waals surface area contributed by atoms with Crippen molar-refractivity contribution in [1.82, 2.24) is 0 Å². The van der Waals surface area contributed by atoms with Gasteiger partial charge in [-0.3, -0.25) is 0 Å². The monoisotopic (exact) mass is 280 g/mol. The zero-order valence-corrected chi connectivity index (χ0v) is 12.3. The van der Waals surface area contributed by atoms with Crippen LogP contribution in [0, 0.1) is 11.8 Å². The molecule has 0 amide bonds. The van der Waals surface area contributed by atoms with Crippen LogP contribution in [0.3, 0.4) is 0 Å². The van der Waals surface area contributed by atoms with Gasteiger partial charge in [-0.15, -0.1) is 0 Å². The summed E-state index contributed by atoms with van der Waals surface area (Å²) in [6, 6.07) is 0. The van der Waals surface area contributed by atoms with Crippen molar-refractivity contribution in [3.8, 4) is 0 Å². The lowest BCUT2D eigenvalue weighted by Gasteiger charge is -2.24. The van der Waals surface area contributed by atoms with Gasteiger partial charge in [-0.05, 0) is 32.1 Å². The van der Waals surface area contributed by atoms with Crippen molar-refractivity contribution in [2.45, 2.75) is 39.7 Å². The van der Waals surface area contributed by atoms with E-state index in [0.29, 0.717) is 11.8 Å². The molecule has 2 nitrogen and oxygen atoms in total. The maximum Gasteiger partial charge on any atom is 0.0644 e. The molecule has 15 heavy (non-hydrogen) atoms. The van der Waals surface area contributed by atoms with Crippen molar-refractivity contribution in [2.24, 2.45) is 11.8 Å². The Morgan fingerprint density at radius 2 is 1.87 bits per heavy atom. The smallest absolute Gasteiger partial charge is 0.0644 e. The minimum absolute atomic E-state index is 0.0677. The molecule has 0 spiro atoms. The van der Waals surface area contributed by atoms with E-state index >= 15 is 0 Å². The fourth-order valence-corrected chi connectivity index (χ4v) is 2.00. The zero-order valence-electron chi connectivity index (χ0n) is 10.7. The molecule has 0 aliphatic rings. The highest BCUT2D eigenvalue weighted by molar-refractivity contribution is 9.09. The Bertz CT molecular complexity index is 158. The Morgan fingerprint density at radius 3 is 2.27 bits per heavy atom. The summed E-state index contributed by atoms with van der Waals surface area (Å²) in [5.74, 6) is 1.27. The highest BCUT2D eigenvalue weighted by atomic mass is 79.9. The van der Waals surface area contributed by atoms with Gasteiger partial charge in [0.05, 0.1) is 12.2 Å². The summed E-state index contributed by atoms with van der Waals surface area (Å²) in [7, 11) is 1.75. The molecule has 0 aliphatic carbocycles. The van der Waals surface area contributed by atoms with E-state index in [0.717, 1.165) is 25.0 Å². The van der Waals surface area contributed by atoms with Gasteiger partial charge in [-0.25, -0.2) is 0 Å². The zero-order chi connectivity index (χ0) is 11.9. The molecule has 1 unspecified atom stereocenters. The first-order valence-electron chi connectivity index (χ1n) is 5.62. The van der Waals surface area contributed by atoms with Crippen LogP contribution in [0.5, 0.6) is 0 Å². The van der Waals surface area contributed by atoms with Gasteiger partial charge in [0.15, 0.2) is 0 Å². The lowest BCUT2D eigenvalue weighted by atomic mass is 9.99. The summed E-state index contributed by atoms with van der Waals surface area (Å²) in [5.41, 5.74) is -0.0677. The quantitative estimate of drug-likeness (QED) is 0.501. The Balaban J connectivity index is 3.61. The summed E-state index contributed by atoms with van der Waals surface area (Å²) in [4.78, 5) is 0. The number of hydrogen-bond donors (Lipinski definition) is 0. The van der Waals surface area contributed by atoms with E-state index in [9.17, 15) is 0 Å². The number of halogens is 1. The predicted molar refractivity (Wildman–Crippen MR) is 68.6 cm³/mol. The van der Waals surface area contributed by atoms with Crippen molar-refractivity contribution in [2.75, 3.05) is 25.7 Å². The van der Waals surface area contributed by atoms with Crippen molar-refractivity contribution < 1.29 is 9.47 Å². The van der Waals surface area contributed by atoms with Crippen LogP contribution >= 0.6 is 15.9 Å². The van der Waals surface area contributed by atoms with Crippen molar-refractivity contribution in [3.63, 3.8) is 0 Å². The topological polar surface area (TPSA) is 18.5 Å². The molecule has 0 radical (unpaired) electrons. The van der Waals surface area contributed by atoms with Gasteiger partial charge in [-0.1, -0.05) is 29.8 Å². The maximum absolute atomic E-state index is 5.68. The van der Waals surface area contributed by atoms with Crippen molar-refractivity contribution >= 4 is 15.9 Å². The summed E-state index contributed by atoms with van der Waals surface area (Å²) in [6.45, 7) is 10.2. The van der Waals surface area contributed by atoms with Crippen LogP contribution < -0.4 is 0 Å². The van der Waals surface area contributed by atoms with Crippen LogP contribution in [-0.2, 0) is 9.47 Å². The highest BCUT2D eigenvalue weighted by Crippen LogP contribution is 2.16. The number of hydrogen-bond acceptors (Lipinski definition) is 2. The molecule has 0 aromatic carbocycles. The van der Waals surface area contributed by atoms with Crippen LogP contribution in [0.25, 0.3) is 0 Å². The number of ether oxygens (including phenoxy) is 2. The third kappa shape index (κ3) is 7.31. The van der Waals surface area contributed by atoms with Gasteiger partial charge in [0.2, 0.25) is 0 Å². The molecule has 0 bridgehead atoms. The molecule has 0 rings (SSSR count). The maximum atomic E-state index is 5.68. The third-order valence-electron chi connectivity index (χ3n) is 2.87. The molecule has 0 aliphatic heterocycles. The average molecular weight is 281 g/mol. The summed E-state index contributed by atoms with van der Waals surface area (Å²) in [5, 5.41) is 1.01. The molecule has 0 saturated heterocycles. The van der Waals surface area contributed by atoms with E-state index in [-0.39, 0.29) is 5.60 Å². The lowest BCUT2D eigenvalue weighted by Crippen LogP contribution is -2.26. The molecule has 0 aromatic rings. The molecular weight excluding hydrogens is 256 g/mol. The van der Waals surface area contributed by atoms with Crippen LogP contribution in [0.2, 0.25) is 0 Å². The second-order valence-corrected chi connectivity index (χ2v) is 5.59. The fourth-order valence-electron chi connectivity index (χ4n) is 1.07. The molecule has 1 atom stereocenters. The second kappa shape index (κ2) is 7.64. The number of methoxy groups -OCH3 is 1. The molecular formula is C12H25BrO2. The molecule has 0 aromatic heterocycles. The first-order valence-corrected chi connectivity index (χ1v) is 6.74. The van der Waals surface area contributed by atoms with Crippen LogP contribution in [0.4, 0.5) is 0 Å². The highest BCUT2D eigenvalue weighted by Gasteiger charge is 2.17. The summed E-state index contributed by atoms with van der Waals surface area (Å²) >= 11 is 3.52. The Hall–Kier alpha value is 0.400. The third-order valence-corrected chi connectivity index (χ3v) is 3.71. The van der Waals surface area contributed by atoms with Gasteiger partial charge in [-0.2, -0.15) is 0 Å². The minimum Gasteiger partial charge on any atom is -0.381 e. The van der Waals surface area contributed by atoms with E-state index in [1.165, 1.54) is 0 Å². The van der Waals surface area contributed by atoms with E-state index in [1.807, 2.05) is 0 Å². The van der Waals surface area contributed by atoms with Gasteiger partial charge in [0, 0.05) is 19.0 Å². The van der Waals surface area contributed by atoms with Crippen molar-refractivity contribution in [3.05, 3.63) is 0 Å². The number of alkyl halides is 1. The standard InChI is InChI=1S/C12H25BrO2/c1-10(2)11(8-13)9-15-7-6-12(3,4)14-5/h10-11H,6-9H2,1-5H3. The Morgan fingerprint density at radius 1 is 1.27 bits per heavy atom. The van der Waals surface area contributed by atoms with Crippen LogP contribution in [0.15, 0.2) is 0 Å². The summed E-state index contributed by atoms with van der Waals surface area (Å²) < 4.78 is 11.0. The normalized spacial score (nSPS) is 14.6. The fraction of sp³-hybridized carbons (Fsp3) is 1.00. The van der Waals surface area contributed by atoms with E-state index in [1.54, 1.807) is 7.11 Å². The minimum atomic E-state index is -0.0677. The van der Waals surface area contributed by atoms with Gasteiger partial charge < -0.3 is 9.47 Å².